The lowest BCUT2D eigenvalue weighted by Gasteiger charge is -2.51. The summed E-state index contributed by atoms with van der Waals surface area (Å²) in [4.78, 5) is 7.99. The number of benzene rings is 3. The average molecular weight is 379 g/mol. The molecule has 1 fully saturated rings. The Morgan fingerprint density at radius 1 is 0.690 bits per heavy atom. The summed E-state index contributed by atoms with van der Waals surface area (Å²) in [5.74, 6) is 0. The van der Waals surface area contributed by atoms with Gasteiger partial charge in [-0.15, -0.1) is 0 Å². The highest BCUT2D eigenvalue weighted by Crippen LogP contribution is 2.62. The van der Waals surface area contributed by atoms with Crippen LogP contribution in [0, 0.1) is 0 Å². The van der Waals surface area contributed by atoms with E-state index in [1.54, 1.807) is 0 Å². The lowest BCUT2D eigenvalue weighted by atomic mass is 9.64. The second-order valence-electron chi connectivity index (χ2n) is 8.75. The van der Waals surface area contributed by atoms with Crippen molar-refractivity contribution in [2.75, 3.05) is 0 Å². The third kappa shape index (κ3) is 2.20. The molecule has 0 bridgehead atoms. The van der Waals surface area contributed by atoms with Crippen LogP contribution in [0.2, 0.25) is 0 Å². The van der Waals surface area contributed by atoms with Gasteiger partial charge >= 0.3 is 0 Å². The Hall–Kier alpha value is -2.87. The van der Waals surface area contributed by atoms with Crippen molar-refractivity contribution in [3.05, 3.63) is 95.6 Å². The van der Waals surface area contributed by atoms with E-state index in [1.165, 1.54) is 59.9 Å². The van der Waals surface area contributed by atoms with Gasteiger partial charge < -0.3 is 4.90 Å². The van der Waals surface area contributed by atoms with Gasteiger partial charge in [-0.2, -0.15) is 0 Å². The van der Waals surface area contributed by atoms with E-state index in [-0.39, 0.29) is 11.1 Å². The summed E-state index contributed by atoms with van der Waals surface area (Å²) < 4.78 is 0. The predicted molar refractivity (Wildman–Crippen MR) is 119 cm³/mol. The number of rotatable bonds is 2. The first-order valence-electron chi connectivity index (χ1n) is 10.9. The van der Waals surface area contributed by atoms with E-state index >= 15 is 0 Å². The van der Waals surface area contributed by atoms with Gasteiger partial charge in [0.05, 0.1) is 11.9 Å². The van der Waals surface area contributed by atoms with E-state index in [9.17, 15) is 0 Å². The SMILES string of the molecule is C1=NC2(c3ccccc3-c3ccccc32)C2(CCCCC2)N1Cc1ccccc1. The molecule has 0 amide bonds. The second-order valence-corrected chi connectivity index (χ2v) is 8.75. The van der Waals surface area contributed by atoms with Crippen LogP contribution in [0.1, 0.15) is 48.8 Å². The Kier molecular flexibility index (Phi) is 3.71. The molecular weight excluding hydrogens is 352 g/mol. The number of hydrogen-bond acceptors (Lipinski definition) is 2. The van der Waals surface area contributed by atoms with E-state index in [4.69, 9.17) is 4.99 Å². The molecule has 0 radical (unpaired) electrons. The molecule has 0 unspecified atom stereocenters. The van der Waals surface area contributed by atoms with E-state index < -0.39 is 0 Å². The van der Waals surface area contributed by atoms with Gasteiger partial charge in [-0.25, -0.2) is 0 Å². The fourth-order valence-electron chi connectivity index (χ4n) is 6.21. The molecule has 0 atom stereocenters. The molecule has 1 heterocycles. The first kappa shape index (κ1) is 17.0. The Labute approximate surface area is 172 Å². The van der Waals surface area contributed by atoms with Crippen molar-refractivity contribution in [1.29, 1.82) is 0 Å². The van der Waals surface area contributed by atoms with Crippen LogP contribution in [0.5, 0.6) is 0 Å². The average Bonchev–Trinajstić information content (AvgIpc) is 3.25. The highest BCUT2D eigenvalue weighted by atomic mass is 15.3. The van der Waals surface area contributed by atoms with Crippen molar-refractivity contribution < 1.29 is 0 Å². The van der Waals surface area contributed by atoms with Gasteiger partial charge in [0, 0.05) is 6.54 Å². The second kappa shape index (κ2) is 6.32. The van der Waals surface area contributed by atoms with Crippen LogP contribution in [-0.4, -0.2) is 16.8 Å². The largest absolute Gasteiger partial charge is 0.350 e. The van der Waals surface area contributed by atoms with Crippen LogP contribution >= 0.6 is 0 Å². The molecule has 2 spiro atoms. The molecule has 1 aliphatic heterocycles. The maximum Gasteiger partial charge on any atom is 0.137 e. The van der Waals surface area contributed by atoms with E-state index in [2.05, 4.69) is 90.1 Å². The predicted octanol–water partition coefficient (Wildman–Crippen LogP) is 6.16. The summed E-state index contributed by atoms with van der Waals surface area (Å²) >= 11 is 0. The van der Waals surface area contributed by atoms with E-state index in [1.807, 2.05) is 0 Å². The molecule has 2 aliphatic carbocycles. The molecule has 0 aromatic heterocycles. The molecule has 2 nitrogen and oxygen atoms in total. The molecule has 3 aromatic rings. The number of aliphatic imine (C=N–C) groups is 1. The molecule has 0 N–H and O–H groups in total. The lowest BCUT2D eigenvalue weighted by molar-refractivity contribution is 0.0717. The van der Waals surface area contributed by atoms with Crippen molar-refractivity contribution >= 4 is 6.34 Å². The van der Waals surface area contributed by atoms with Gasteiger partial charge in [0.1, 0.15) is 5.54 Å². The maximum absolute atomic E-state index is 5.40. The lowest BCUT2D eigenvalue weighted by Crippen LogP contribution is -2.57. The third-order valence-corrected chi connectivity index (χ3v) is 7.41. The standard InChI is InChI=1S/C27H26N2/c1-3-11-21(12-4-1)19-29-20-28-27(26(29)17-9-2-10-18-26)24-15-7-5-13-22(24)23-14-6-8-16-25(23)27/h1,3-8,11-16,20H,2,9-10,17-19H2. The van der Waals surface area contributed by atoms with Crippen LogP contribution in [0.3, 0.4) is 0 Å². The zero-order valence-corrected chi connectivity index (χ0v) is 16.7. The minimum absolute atomic E-state index is 0.0177. The van der Waals surface area contributed by atoms with Crippen molar-refractivity contribution in [3.63, 3.8) is 0 Å². The van der Waals surface area contributed by atoms with Gasteiger partial charge in [-0.3, -0.25) is 4.99 Å². The van der Waals surface area contributed by atoms with Gasteiger partial charge in [-0.05, 0) is 40.7 Å². The van der Waals surface area contributed by atoms with Crippen molar-refractivity contribution in [3.8, 4) is 11.1 Å². The van der Waals surface area contributed by atoms with Crippen LogP contribution in [0.25, 0.3) is 11.1 Å². The van der Waals surface area contributed by atoms with Crippen LogP contribution in [-0.2, 0) is 12.1 Å². The highest BCUT2D eigenvalue weighted by molar-refractivity contribution is 5.84. The van der Waals surface area contributed by atoms with Gasteiger partial charge in [0.15, 0.2) is 0 Å². The molecule has 3 aromatic carbocycles. The zero-order valence-electron chi connectivity index (χ0n) is 16.7. The molecule has 0 saturated heterocycles. The minimum atomic E-state index is -0.282. The van der Waals surface area contributed by atoms with Crippen LogP contribution < -0.4 is 0 Å². The molecule has 144 valence electrons. The first-order valence-corrected chi connectivity index (χ1v) is 10.9. The van der Waals surface area contributed by atoms with Crippen LogP contribution in [0.4, 0.5) is 0 Å². The Bertz CT molecular complexity index is 1030. The maximum atomic E-state index is 5.40. The summed E-state index contributed by atoms with van der Waals surface area (Å²) in [6, 6.07) is 28.8. The topological polar surface area (TPSA) is 15.6 Å². The monoisotopic (exact) mass is 378 g/mol. The van der Waals surface area contributed by atoms with Crippen molar-refractivity contribution in [2.45, 2.75) is 49.7 Å². The minimum Gasteiger partial charge on any atom is -0.350 e. The molecular formula is C27H26N2. The van der Waals surface area contributed by atoms with Gasteiger partial charge in [-0.1, -0.05) is 98.1 Å². The number of hydrogen-bond donors (Lipinski definition) is 0. The Morgan fingerprint density at radius 3 is 1.93 bits per heavy atom. The summed E-state index contributed by atoms with van der Waals surface area (Å²) in [5, 5.41) is 0. The van der Waals surface area contributed by atoms with E-state index in [0.717, 1.165) is 6.54 Å². The van der Waals surface area contributed by atoms with Gasteiger partial charge in [0.25, 0.3) is 0 Å². The van der Waals surface area contributed by atoms with E-state index in [0.29, 0.717) is 0 Å². The molecule has 1 saturated carbocycles. The molecule has 2 heteroatoms. The normalized spacial score (nSPS) is 20.2. The molecule has 3 aliphatic rings. The summed E-state index contributed by atoms with van der Waals surface area (Å²) in [6.45, 7) is 0.927. The van der Waals surface area contributed by atoms with Gasteiger partial charge in [0.2, 0.25) is 0 Å². The molecule has 6 rings (SSSR count). The number of nitrogens with zero attached hydrogens (tertiary/aromatic N) is 2. The zero-order chi connectivity index (χ0) is 19.3. The smallest absolute Gasteiger partial charge is 0.137 e. The third-order valence-electron chi connectivity index (χ3n) is 7.41. The van der Waals surface area contributed by atoms with Crippen molar-refractivity contribution in [2.24, 2.45) is 4.99 Å². The van der Waals surface area contributed by atoms with Crippen LogP contribution in [0.15, 0.2) is 83.9 Å². The van der Waals surface area contributed by atoms with Crippen molar-refractivity contribution in [1.82, 2.24) is 4.90 Å². The Balaban J connectivity index is 1.57. The quantitative estimate of drug-likeness (QED) is 0.521. The number of fused-ring (bicyclic) bond motifs is 6. The highest BCUT2D eigenvalue weighted by Gasteiger charge is 2.62. The molecule has 29 heavy (non-hydrogen) atoms. The first-order chi connectivity index (χ1) is 14.4. The summed E-state index contributed by atoms with van der Waals surface area (Å²) in [5.41, 5.74) is 6.63. The Morgan fingerprint density at radius 2 is 1.28 bits per heavy atom. The summed E-state index contributed by atoms with van der Waals surface area (Å²) in [6.07, 6.45) is 8.46. The summed E-state index contributed by atoms with van der Waals surface area (Å²) in [7, 11) is 0. The fourth-order valence-corrected chi connectivity index (χ4v) is 6.21. The fraction of sp³-hybridized carbons (Fsp3) is 0.296.